The number of aromatic nitrogens is 4. The first-order valence-electron chi connectivity index (χ1n) is 13.2. The van der Waals surface area contributed by atoms with Crippen LogP contribution in [0.4, 0.5) is 10.3 Å². The maximum absolute atomic E-state index is 14.7. The Morgan fingerprint density at radius 3 is 2.76 bits per heavy atom. The minimum Gasteiger partial charge on any atom is -0.396 e. The number of hydrogen-bond acceptors (Lipinski definition) is 6. The minimum atomic E-state index is -0.233. The molecule has 1 aliphatic carbocycles. The van der Waals surface area contributed by atoms with E-state index in [2.05, 4.69) is 28.6 Å². The number of allylic oxidation sites excluding steroid dienone is 3. The number of aliphatic hydroxyl groups excluding tert-OH is 1. The van der Waals surface area contributed by atoms with Crippen molar-refractivity contribution in [3.8, 4) is 0 Å². The number of nitrogens with zero attached hydrogens (tertiary/aromatic N) is 5. The predicted molar refractivity (Wildman–Crippen MR) is 147 cm³/mol. The summed E-state index contributed by atoms with van der Waals surface area (Å²) < 4.78 is 22.0. The second-order valence-corrected chi connectivity index (χ2v) is 10.1. The molecule has 1 unspecified atom stereocenters. The van der Waals surface area contributed by atoms with Gasteiger partial charge >= 0.3 is 0 Å². The van der Waals surface area contributed by atoms with E-state index < -0.39 is 0 Å². The third-order valence-corrected chi connectivity index (χ3v) is 7.49. The number of halogens is 1. The quantitative estimate of drug-likeness (QED) is 0.246. The molecular formula is C30H34FN5O2. The van der Waals surface area contributed by atoms with Gasteiger partial charge in [-0.15, -0.1) is 0 Å². The second kappa shape index (κ2) is 11.3. The van der Waals surface area contributed by atoms with Crippen LogP contribution in [-0.2, 0) is 13.0 Å². The maximum atomic E-state index is 14.7. The standard InChI is InChI=1S/C30H34FN5O2/c1-4-20(2)25(15-22-7-5-6-8-27(22)31)26(28-12-14-38-34-28)18-35(3)30-32-16-23-11-13-36(29(23)33-30)17-24(19-37)21-9-10-21/h5-8,11-14,16,18,21,24,37H,4,9-10,15,17,19H2,1-3H3/b25-20?,26-18+. The molecule has 0 bridgehead atoms. The summed E-state index contributed by atoms with van der Waals surface area (Å²) in [6.07, 6.45) is 10.9. The summed E-state index contributed by atoms with van der Waals surface area (Å²) in [5, 5.41) is 15.1. The van der Waals surface area contributed by atoms with E-state index >= 15 is 0 Å². The van der Waals surface area contributed by atoms with Crippen LogP contribution in [0.1, 0.15) is 44.4 Å². The van der Waals surface area contributed by atoms with Crippen molar-refractivity contribution in [2.75, 3.05) is 18.6 Å². The van der Waals surface area contributed by atoms with Crippen LogP contribution >= 0.6 is 0 Å². The van der Waals surface area contributed by atoms with Crippen molar-refractivity contribution in [3.05, 3.63) is 89.5 Å². The lowest BCUT2D eigenvalue weighted by Gasteiger charge is -2.19. The van der Waals surface area contributed by atoms with Crippen LogP contribution in [0.15, 0.2) is 76.9 Å². The van der Waals surface area contributed by atoms with Crippen LogP contribution in [0.25, 0.3) is 16.6 Å². The molecular weight excluding hydrogens is 481 g/mol. The molecule has 1 N–H and O–H groups in total. The molecule has 3 heterocycles. The fraction of sp³-hybridized carbons (Fsp3) is 0.367. The Morgan fingerprint density at radius 2 is 2.08 bits per heavy atom. The molecule has 7 nitrogen and oxygen atoms in total. The molecule has 0 aliphatic heterocycles. The molecule has 0 amide bonds. The molecule has 1 fully saturated rings. The molecule has 38 heavy (non-hydrogen) atoms. The third-order valence-electron chi connectivity index (χ3n) is 7.49. The average Bonchev–Trinajstić information content (AvgIpc) is 3.48. The van der Waals surface area contributed by atoms with Gasteiger partial charge in [-0.3, -0.25) is 0 Å². The van der Waals surface area contributed by atoms with E-state index in [1.54, 1.807) is 6.07 Å². The number of hydrogen-bond donors (Lipinski definition) is 1. The van der Waals surface area contributed by atoms with Crippen LogP contribution in [0, 0.1) is 17.7 Å². The van der Waals surface area contributed by atoms with Crippen molar-refractivity contribution in [2.24, 2.45) is 11.8 Å². The summed E-state index contributed by atoms with van der Waals surface area (Å²) in [4.78, 5) is 11.4. The van der Waals surface area contributed by atoms with Gasteiger partial charge in [-0.05, 0) is 55.4 Å². The number of aliphatic hydroxyl groups is 1. The molecule has 4 aromatic rings. The van der Waals surface area contributed by atoms with Crippen molar-refractivity contribution in [1.29, 1.82) is 0 Å². The lowest BCUT2D eigenvalue weighted by atomic mass is 9.91. The first kappa shape index (κ1) is 25.9. The van der Waals surface area contributed by atoms with Gasteiger partial charge in [0.1, 0.15) is 23.4 Å². The van der Waals surface area contributed by atoms with Gasteiger partial charge in [-0.25, -0.2) is 9.37 Å². The summed E-state index contributed by atoms with van der Waals surface area (Å²) >= 11 is 0. The van der Waals surface area contributed by atoms with E-state index in [4.69, 9.17) is 9.51 Å². The molecule has 1 aliphatic rings. The topological polar surface area (TPSA) is 80.2 Å². The Balaban J connectivity index is 1.52. The summed E-state index contributed by atoms with van der Waals surface area (Å²) in [5.74, 6) is 1.13. The zero-order valence-electron chi connectivity index (χ0n) is 22.1. The van der Waals surface area contributed by atoms with Gasteiger partial charge < -0.3 is 19.1 Å². The van der Waals surface area contributed by atoms with E-state index in [0.29, 0.717) is 29.5 Å². The van der Waals surface area contributed by atoms with Crippen LogP contribution in [0.2, 0.25) is 0 Å². The fourth-order valence-corrected chi connectivity index (χ4v) is 4.88. The van der Waals surface area contributed by atoms with Crippen LogP contribution < -0.4 is 4.90 Å². The summed E-state index contributed by atoms with van der Waals surface area (Å²) in [6, 6.07) is 10.7. The molecule has 198 valence electrons. The molecule has 8 heteroatoms. The smallest absolute Gasteiger partial charge is 0.231 e. The molecule has 5 rings (SSSR count). The van der Waals surface area contributed by atoms with E-state index in [1.807, 2.05) is 54.8 Å². The molecule has 1 atom stereocenters. The highest BCUT2D eigenvalue weighted by Crippen LogP contribution is 2.38. The number of benzene rings is 1. The van der Waals surface area contributed by atoms with Gasteiger partial charge in [-0.2, -0.15) is 4.98 Å². The normalized spacial score (nSPS) is 15.6. The van der Waals surface area contributed by atoms with Crippen molar-refractivity contribution in [1.82, 2.24) is 19.7 Å². The highest BCUT2D eigenvalue weighted by Gasteiger charge is 2.31. The highest BCUT2D eigenvalue weighted by atomic mass is 19.1. The second-order valence-electron chi connectivity index (χ2n) is 10.1. The molecule has 0 saturated heterocycles. The van der Waals surface area contributed by atoms with Crippen molar-refractivity contribution in [3.63, 3.8) is 0 Å². The van der Waals surface area contributed by atoms with Gasteiger partial charge in [0.2, 0.25) is 5.95 Å². The van der Waals surface area contributed by atoms with Gasteiger partial charge in [0.25, 0.3) is 0 Å². The van der Waals surface area contributed by atoms with Gasteiger partial charge in [0, 0.05) is 68.2 Å². The van der Waals surface area contributed by atoms with Crippen LogP contribution in [-0.4, -0.2) is 38.5 Å². The Kier molecular flexibility index (Phi) is 7.69. The Labute approximate surface area is 222 Å². The zero-order valence-corrected chi connectivity index (χ0v) is 22.1. The first-order chi connectivity index (χ1) is 18.5. The largest absolute Gasteiger partial charge is 0.396 e. The Morgan fingerprint density at radius 1 is 1.26 bits per heavy atom. The SMILES string of the molecule is CCC(C)=C(Cc1ccccc1F)/C(=C\N(C)c1ncc2ccn(CC(CO)C3CC3)c2n1)c1ccon1. The van der Waals surface area contributed by atoms with E-state index in [1.165, 1.54) is 25.2 Å². The summed E-state index contributed by atoms with van der Waals surface area (Å²) in [7, 11) is 1.90. The molecule has 0 radical (unpaired) electrons. The summed E-state index contributed by atoms with van der Waals surface area (Å²) in [6.45, 7) is 5.07. The minimum absolute atomic E-state index is 0.180. The lowest BCUT2D eigenvalue weighted by molar-refractivity contribution is 0.194. The van der Waals surface area contributed by atoms with Gasteiger partial charge in [0.05, 0.1) is 0 Å². The molecule has 3 aromatic heterocycles. The van der Waals surface area contributed by atoms with E-state index in [-0.39, 0.29) is 18.3 Å². The predicted octanol–water partition coefficient (Wildman–Crippen LogP) is 6.02. The molecule has 1 aromatic carbocycles. The Hall–Kier alpha value is -3.78. The average molecular weight is 516 g/mol. The monoisotopic (exact) mass is 515 g/mol. The fourth-order valence-electron chi connectivity index (χ4n) is 4.88. The number of fused-ring (bicyclic) bond motifs is 1. The summed E-state index contributed by atoms with van der Waals surface area (Å²) in [5.41, 5.74) is 5.07. The molecule has 0 spiro atoms. The van der Waals surface area contributed by atoms with Crippen LogP contribution in [0.5, 0.6) is 0 Å². The Bertz CT molecular complexity index is 1450. The number of anilines is 1. The van der Waals surface area contributed by atoms with Crippen molar-refractivity contribution in [2.45, 2.75) is 46.1 Å². The zero-order chi connectivity index (χ0) is 26.6. The maximum Gasteiger partial charge on any atom is 0.231 e. The van der Waals surface area contributed by atoms with E-state index in [0.717, 1.165) is 40.7 Å². The van der Waals surface area contributed by atoms with Crippen molar-refractivity contribution >= 4 is 22.6 Å². The van der Waals surface area contributed by atoms with Gasteiger partial charge in [-0.1, -0.05) is 35.9 Å². The highest BCUT2D eigenvalue weighted by molar-refractivity contribution is 5.81. The van der Waals surface area contributed by atoms with Crippen LogP contribution in [0.3, 0.4) is 0 Å². The number of rotatable bonds is 11. The van der Waals surface area contributed by atoms with Crippen molar-refractivity contribution < 1.29 is 14.0 Å². The van der Waals surface area contributed by atoms with Gasteiger partial charge in [0.15, 0.2) is 0 Å². The first-order valence-corrected chi connectivity index (χ1v) is 13.2. The molecule has 1 saturated carbocycles. The third kappa shape index (κ3) is 5.55. The van der Waals surface area contributed by atoms with E-state index in [9.17, 15) is 9.50 Å². The lowest BCUT2D eigenvalue weighted by Crippen LogP contribution is -2.17.